The molecule has 138 valence electrons. The first-order valence-electron chi connectivity index (χ1n) is 8.18. The van der Waals surface area contributed by atoms with Crippen LogP contribution in [-0.4, -0.2) is 32.3 Å². The molecule has 0 saturated heterocycles. The van der Waals surface area contributed by atoms with Gasteiger partial charge in [-0.2, -0.15) is 0 Å². The van der Waals surface area contributed by atoms with E-state index in [1.54, 1.807) is 7.11 Å². The number of benzene rings is 1. The molecule has 3 N–H and O–H groups in total. The van der Waals surface area contributed by atoms with Crippen molar-refractivity contribution in [2.24, 2.45) is 11.7 Å². The number of aryl methyl sites for hydroxylation is 1. The van der Waals surface area contributed by atoms with Crippen LogP contribution in [-0.2, 0) is 16.1 Å². The maximum Gasteiger partial charge on any atom is 0.237 e. The van der Waals surface area contributed by atoms with Gasteiger partial charge in [-0.1, -0.05) is 26.0 Å². The number of methoxy groups -OCH3 is 1. The molecule has 1 rings (SSSR count). The van der Waals surface area contributed by atoms with Crippen LogP contribution >= 0.6 is 12.4 Å². The SMILES string of the molecule is COCCCOc1cc(C)ccc1CNC(=O)[C@@H](N)CC(C)C.Cl. The molecule has 5 nitrogen and oxygen atoms in total. The van der Waals surface area contributed by atoms with E-state index in [0.29, 0.717) is 32.1 Å². The van der Waals surface area contributed by atoms with Gasteiger partial charge in [0.05, 0.1) is 12.6 Å². The number of rotatable bonds is 10. The van der Waals surface area contributed by atoms with Gasteiger partial charge in [0, 0.05) is 32.2 Å². The van der Waals surface area contributed by atoms with E-state index in [2.05, 4.69) is 19.2 Å². The summed E-state index contributed by atoms with van der Waals surface area (Å²) in [6.07, 6.45) is 1.51. The van der Waals surface area contributed by atoms with E-state index in [-0.39, 0.29) is 18.3 Å². The smallest absolute Gasteiger partial charge is 0.237 e. The lowest BCUT2D eigenvalue weighted by molar-refractivity contribution is -0.122. The fourth-order valence-corrected chi connectivity index (χ4v) is 2.26. The van der Waals surface area contributed by atoms with Gasteiger partial charge in [-0.3, -0.25) is 4.79 Å². The normalized spacial score (nSPS) is 11.8. The van der Waals surface area contributed by atoms with Gasteiger partial charge < -0.3 is 20.5 Å². The highest BCUT2D eigenvalue weighted by Crippen LogP contribution is 2.20. The predicted molar refractivity (Wildman–Crippen MR) is 99.7 cm³/mol. The molecular weight excluding hydrogens is 328 g/mol. The van der Waals surface area contributed by atoms with Gasteiger partial charge in [-0.05, 0) is 30.9 Å². The largest absolute Gasteiger partial charge is 0.493 e. The molecular formula is C18H31ClN2O3. The van der Waals surface area contributed by atoms with Crippen LogP contribution in [0.1, 0.15) is 37.8 Å². The minimum atomic E-state index is -0.466. The summed E-state index contributed by atoms with van der Waals surface area (Å²) in [7, 11) is 1.67. The van der Waals surface area contributed by atoms with Gasteiger partial charge in [0.1, 0.15) is 5.75 Å². The third-order valence-corrected chi connectivity index (χ3v) is 3.49. The van der Waals surface area contributed by atoms with E-state index >= 15 is 0 Å². The summed E-state index contributed by atoms with van der Waals surface area (Å²) in [6.45, 7) is 7.80. The summed E-state index contributed by atoms with van der Waals surface area (Å²) in [6, 6.07) is 5.52. The Kier molecular flexibility index (Phi) is 11.5. The molecule has 0 aliphatic rings. The molecule has 1 aromatic carbocycles. The zero-order valence-corrected chi connectivity index (χ0v) is 15.9. The molecule has 0 unspecified atom stereocenters. The number of ether oxygens (including phenoxy) is 2. The lowest BCUT2D eigenvalue weighted by Gasteiger charge is -2.16. The van der Waals surface area contributed by atoms with Crippen LogP contribution < -0.4 is 15.8 Å². The number of nitrogens with two attached hydrogens (primary N) is 1. The summed E-state index contributed by atoms with van der Waals surface area (Å²) in [4.78, 5) is 12.0. The molecule has 0 heterocycles. The molecule has 1 aromatic rings. The first-order chi connectivity index (χ1) is 10.9. The maximum atomic E-state index is 12.0. The van der Waals surface area contributed by atoms with Crippen LogP contribution in [0.3, 0.4) is 0 Å². The summed E-state index contributed by atoms with van der Waals surface area (Å²) in [5.74, 6) is 1.08. The summed E-state index contributed by atoms with van der Waals surface area (Å²) in [5, 5.41) is 2.90. The van der Waals surface area contributed by atoms with Crippen molar-refractivity contribution in [2.45, 2.75) is 46.2 Å². The van der Waals surface area contributed by atoms with Crippen molar-refractivity contribution >= 4 is 18.3 Å². The topological polar surface area (TPSA) is 73.6 Å². The van der Waals surface area contributed by atoms with Crippen LogP contribution in [0.25, 0.3) is 0 Å². The molecule has 0 fully saturated rings. The maximum absolute atomic E-state index is 12.0. The van der Waals surface area contributed by atoms with Crippen molar-refractivity contribution < 1.29 is 14.3 Å². The number of halogens is 1. The number of hydrogen-bond donors (Lipinski definition) is 2. The van der Waals surface area contributed by atoms with E-state index < -0.39 is 6.04 Å². The van der Waals surface area contributed by atoms with Crippen LogP contribution in [0.5, 0.6) is 5.75 Å². The van der Waals surface area contributed by atoms with Crippen molar-refractivity contribution in [3.8, 4) is 5.75 Å². The first-order valence-corrected chi connectivity index (χ1v) is 8.18. The minimum absolute atomic E-state index is 0. The lowest BCUT2D eigenvalue weighted by Crippen LogP contribution is -2.41. The fourth-order valence-electron chi connectivity index (χ4n) is 2.26. The van der Waals surface area contributed by atoms with Gasteiger partial charge in [0.2, 0.25) is 5.91 Å². The average molecular weight is 359 g/mol. The average Bonchev–Trinajstić information content (AvgIpc) is 2.49. The van der Waals surface area contributed by atoms with Crippen LogP contribution in [0, 0.1) is 12.8 Å². The number of carbonyl (C=O) groups is 1. The Bertz CT molecular complexity index is 495. The monoisotopic (exact) mass is 358 g/mol. The third-order valence-electron chi connectivity index (χ3n) is 3.49. The van der Waals surface area contributed by atoms with E-state index in [9.17, 15) is 4.79 Å². The molecule has 0 bridgehead atoms. The first kappa shape index (κ1) is 22.7. The molecule has 0 saturated carbocycles. The van der Waals surface area contributed by atoms with Crippen molar-refractivity contribution in [3.05, 3.63) is 29.3 Å². The Hall–Kier alpha value is -1.30. The van der Waals surface area contributed by atoms with Crippen molar-refractivity contribution in [3.63, 3.8) is 0 Å². The highest BCUT2D eigenvalue weighted by molar-refractivity contribution is 5.85. The molecule has 0 aliphatic carbocycles. The lowest BCUT2D eigenvalue weighted by atomic mass is 10.0. The molecule has 0 aromatic heterocycles. The Morgan fingerprint density at radius 3 is 2.62 bits per heavy atom. The van der Waals surface area contributed by atoms with E-state index in [0.717, 1.165) is 23.3 Å². The van der Waals surface area contributed by atoms with Crippen molar-refractivity contribution in [1.82, 2.24) is 5.32 Å². The van der Waals surface area contributed by atoms with Crippen molar-refractivity contribution in [2.75, 3.05) is 20.3 Å². The molecule has 1 amide bonds. The fraction of sp³-hybridized carbons (Fsp3) is 0.611. The number of hydrogen-bond acceptors (Lipinski definition) is 4. The molecule has 0 spiro atoms. The van der Waals surface area contributed by atoms with Crippen LogP contribution in [0.4, 0.5) is 0 Å². The van der Waals surface area contributed by atoms with Gasteiger partial charge in [-0.15, -0.1) is 12.4 Å². The zero-order chi connectivity index (χ0) is 17.2. The van der Waals surface area contributed by atoms with Gasteiger partial charge >= 0.3 is 0 Å². The van der Waals surface area contributed by atoms with E-state index in [1.807, 2.05) is 25.1 Å². The Morgan fingerprint density at radius 1 is 1.29 bits per heavy atom. The number of carbonyl (C=O) groups excluding carboxylic acids is 1. The minimum Gasteiger partial charge on any atom is -0.493 e. The standard InChI is InChI=1S/C18H30N2O3.ClH/c1-13(2)10-16(19)18(21)20-12-15-7-6-14(3)11-17(15)23-9-5-8-22-4;/h6-7,11,13,16H,5,8-10,12,19H2,1-4H3,(H,20,21);1H/t16-;/m0./s1. The zero-order valence-electron chi connectivity index (χ0n) is 15.1. The second-order valence-electron chi connectivity index (χ2n) is 6.26. The predicted octanol–water partition coefficient (Wildman–Crippen LogP) is 2.82. The van der Waals surface area contributed by atoms with Gasteiger partial charge in [0.25, 0.3) is 0 Å². The molecule has 6 heteroatoms. The Balaban J connectivity index is 0.00000529. The van der Waals surface area contributed by atoms with Gasteiger partial charge in [0.15, 0.2) is 0 Å². The second-order valence-corrected chi connectivity index (χ2v) is 6.26. The summed E-state index contributed by atoms with van der Waals surface area (Å²) >= 11 is 0. The van der Waals surface area contributed by atoms with Crippen LogP contribution in [0.15, 0.2) is 18.2 Å². The van der Waals surface area contributed by atoms with Crippen LogP contribution in [0.2, 0.25) is 0 Å². The molecule has 0 aliphatic heterocycles. The second kappa shape index (κ2) is 12.1. The van der Waals surface area contributed by atoms with Gasteiger partial charge in [-0.25, -0.2) is 0 Å². The van der Waals surface area contributed by atoms with E-state index in [1.165, 1.54) is 0 Å². The van der Waals surface area contributed by atoms with E-state index in [4.69, 9.17) is 15.2 Å². The molecule has 24 heavy (non-hydrogen) atoms. The quantitative estimate of drug-likeness (QED) is 0.631. The Labute approximate surface area is 151 Å². The molecule has 0 radical (unpaired) electrons. The summed E-state index contributed by atoms with van der Waals surface area (Å²) in [5.41, 5.74) is 7.98. The molecule has 1 atom stereocenters. The highest BCUT2D eigenvalue weighted by atomic mass is 35.5. The Morgan fingerprint density at radius 2 is 2.00 bits per heavy atom. The number of amides is 1. The summed E-state index contributed by atoms with van der Waals surface area (Å²) < 4.78 is 10.8. The number of nitrogens with one attached hydrogen (secondary N) is 1. The third kappa shape index (κ3) is 8.52. The highest BCUT2D eigenvalue weighted by Gasteiger charge is 2.15. The van der Waals surface area contributed by atoms with Crippen molar-refractivity contribution in [1.29, 1.82) is 0 Å².